The second kappa shape index (κ2) is 8.79. The maximum atomic E-state index is 11.8. The first-order valence-corrected chi connectivity index (χ1v) is 7.17. The molecule has 0 radical (unpaired) electrons. The van der Waals surface area contributed by atoms with Crippen LogP contribution in [0.3, 0.4) is 0 Å². The minimum Gasteiger partial charge on any atom is -0.481 e. The smallest absolute Gasteiger partial charge is 0.407 e. The molecule has 0 fully saturated rings. The number of nitrogens with zero attached hydrogens (tertiary/aromatic N) is 1. The monoisotopic (exact) mass is 289 g/mol. The minimum atomic E-state index is -0.961. The summed E-state index contributed by atoms with van der Waals surface area (Å²) >= 11 is 0. The van der Waals surface area contributed by atoms with Crippen molar-refractivity contribution in [2.45, 2.75) is 51.7 Å². The fraction of sp³-hybridized carbons (Fsp3) is 0.857. The molecule has 1 amide bonds. The molecule has 0 bridgehead atoms. The molecule has 20 heavy (non-hydrogen) atoms. The van der Waals surface area contributed by atoms with Crippen molar-refractivity contribution < 1.29 is 23.9 Å². The molecular formula is C14H29N2O4+. The number of ether oxygens (including phenoxy) is 1. The van der Waals surface area contributed by atoms with Gasteiger partial charge in [0, 0.05) is 6.04 Å². The fourth-order valence-corrected chi connectivity index (χ4v) is 2.03. The lowest BCUT2D eigenvalue weighted by atomic mass is 10.1. The van der Waals surface area contributed by atoms with Gasteiger partial charge in [0.05, 0.1) is 27.6 Å². The number of amides is 1. The van der Waals surface area contributed by atoms with Crippen molar-refractivity contribution in [3.8, 4) is 0 Å². The molecule has 118 valence electrons. The van der Waals surface area contributed by atoms with E-state index in [9.17, 15) is 9.59 Å². The second-order valence-corrected chi connectivity index (χ2v) is 6.14. The molecule has 0 saturated carbocycles. The Morgan fingerprint density at radius 2 is 1.85 bits per heavy atom. The Balaban J connectivity index is 4.47. The first-order chi connectivity index (χ1) is 9.17. The van der Waals surface area contributed by atoms with Crippen molar-refractivity contribution in [1.82, 2.24) is 5.32 Å². The van der Waals surface area contributed by atoms with Crippen LogP contribution in [0.1, 0.15) is 39.5 Å². The first kappa shape index (κ1) is 18.7. The third kappa shape index (κ3) is 9.61. The van der Waals surface area contributed by atoms with Crippen LogP contribution in [-0.2, 0) is 9.53 Å². The van der Waals surface area contributed by atoms with Crippen molar-refractivity contribution in [2.24, 2.45) is 0 Å². The summed E-state index contributed by atoms with van der Waals surface area (Å²) in [5.74, 6) is -0.961. The lowest BCUT2D eigenvalue weighted by Crippen LogP contribution is -2.46. The SMILES string of the molecule is CCCC(CC)NC(=O)O[C@H](CC(=O)O)C[N+](C)(C)C. The highest BCUT2D eigenvalue weighted by atomic mass is 16.6. The van der Waals surface area contributed by atoms with Crippen LogP contribution < -0.4 is 5.32 Å². The van der Waals surface area contributed by atoms with Crippen LogP contribution in [0.4, 0.5) is 4.79 Å². The highest BCUT2D eigenvalue weighted by molar-refractivity contribution is 5.70. The molecule has 0 aromatic carbocycles. The molecule has 6 nitrogen and oxygen atoms in total. The Bertz CT molecular complexity index is 313. The van der Waals surface area contributed by atoms with Crippen LogP contribution in [0.5, 0.6) is 0 Å². The van der Waals surface area contributed by atoms with E-state index in [1.807, 2.05) is 28.1 Å². The number of carbonyl (C=O) groups is 2. The summed E-state index contributed by atoms with van der Waals surface area (Å²) in [7, 11) is 5.80. The molecule has 6 heteroatoms. The van der Waals surface area contributed by atoms with E-state index in [0.29, 0.717) is 11.0 Å². The molecule has 0 rings (SSSR count). The van der Waals surface area contributed by atoms with E-state index in [-0.39, 0.29) is 12.5 Å². The number of hydrogen-bond acceptors (Lipinski definition) is 3. The number of nitrogens with one attached hydrogen (secondary N) is 1. The van der Waals surface area contributed by atoms with E-state index in [0.717, 1.165) is 19.3 Å². The van der Waals surface area contributed by atoms with Gasteiger partial charge in [-0.3, -0.25) is 4.79 Å². The topological polar surface area (TPSA) is 75.6 Å². The molecule has 0 aliphatic rings. The quantitative estimate of drug-likeness (QED) is 0.635. The van der Waals surface area contributed by atoms with Crippen LogP contribution in [0, 0.1) is 0 Å². The largest absolute Gasteiger partial charge is 0.481 e. The predicted octanol–water partition coefficient (Wildman–Crippen LogP) is 1.84. The zero-order valence-electron chi connectivity index (χ0n) is 13.3. The van der Waals surface area contributed by atoms with Crippen molar-refractivity contribution in [2.75, 3.05) is 27.7 Å². The van der Waals surface area contributed by atoms with E-state index >= 15 is 0 Å². The van der Waals surface area contributed by atoms with Gasteiger partial charge < -0.3 is 19.6 Å². The molecule has 0 aliphatic heterocycles. The highest BCUT2D eigenvalue weighted by Crippen LogP contribution is 2.07. The first-order valence-electron chi connectivity index (χ1n) is 7.17. The van der Waals surface area contributed by atoms with Crippen LogP contribution in [0.25, 0.3) is 0 Å². The van der Waals surface area contributed by atoms with E-state index in [1.54, 1.807) is 0 Å². The number of carbonyl (C=O) groups excluding carboxylic acids is 1. The average molecular weight is 289 g/mol. The van der Waals surface area contributed by atoms with Gasteiger partial charge >= 0.3 is 12.1 Å². The zero-order valence-corrected chi connectivity index (χ0v) is 13.3. The molecule has 0 heterocycles. The van der Waals surface area contributed by atoms with E-state index in [1.165, 1.54) is 0 Å². The Kier molecular flexibility index (Phi) is 8.22. The summed E-state index contributed by atoms with van der Waals surface area (Å²) in [4.78, 5) is 22.7. The summed E-state index contributed by atoms with van der Waals surface area (Å²) in [5, 5.41) is 11.7. The predicted molar refractivity (Wildman–Crippen MR) is 77.5 cm³/mol. The molecule has 2 N–H and O–H groups in total. The van der Waals surface area contributed by atoms with E-state index < -0.39 is 18.2 Å². The third-order valence-corrected chi connectivity index (χ3v) is 2.88. The fourth-order valence-electron chi connectivity index (χ4n) is 2.03. The van der Waals surface area contributed by atoms with Crippen LogP contribution >= 0.6 is 0 Å². The lowest BCUT2D eigenvalue weighted by Gasteiger charge is -2.28. The van der Waals surface area contributed by atoms with Crippen LogP contribution in [0.15, 0.2) is 0 Å². The summed E-state index contributed by atoms with van der Waals surface area (Å²) in [6.45, 7) is 4.52. The van der Waals surface area contributed by atoms with E-state index in [2.05, 4.69) is 12.2 Å². The summed E-state index contributed by atoms with van der Waals surface area (Å²) in [6.07, 6.45) is 1.40. The van der Waals surface area contributed by atoms with Crippen molar-refractivity contribution in [3.05, 3.63) is 0 Å². The Hall–Kier alpha value is -1.30. The maximum absolute atomic E-state index is 11.8. The van der Waals surface area contributed by atoms with Gasteiger partial charge in [0.15, 0.2) is 6.10 Å². The molecule has 0 saturated heterocycles. The normalized spacial score (nSPS) is 14.4. The van der Waals surface area contributed by atoms with Gasteiger partial charge in [-0.15, -0.1) is 0 Å². The van der Waals surface area contributed by atoms with E-state index in [4.69, 9.17) is 9.84 Å². The van der Waals surface area contributed by atoms with Gasteiger partial charge in [0.25, 0.3) is 0 Å². The van der Waals surface area contributed by atoms with Gasteiger partial charge in [-0.25, -0.2) is 4.79 Å². The second-order valence-electron chi connectivity index (χ2n) is 6.14. The van der Waals surface area contributed by atoms with Crippen LogP contribution in [0.2, 0.25) is 0 Å². The van der Waals surface area contributed by atoms with Gasteiger partial charge in [-0.1, -0.05) is 20.3 Å². The summed E-state index contributed by atoms with van der Waals surface area (Å²) in [6, 6.07) is 0.0853. The number of likely N-dealkylation sites (N-methyl/N-ethyl adjacent to an activating group) is 1. The number of quaternary nitrogens is 1. The summed E-state index contributed by atoms with van der Waals surface area (Å²) < 4.78 is 5.81. The van der Waals surface area contributed by atoms with Crippen molar-refractivity contribution in [3.63, 3.8) is 0 Å². The number of rotatable bonds is 9. The van der Waals surface area contributed by atoms with Gasteiger partial charge in [-0.05, 0) is 12.8 Å². The molecule has 0 aromatic heterocycles. The molecule has 1 unspecified atom stereocenters. The Morgan fingerprint density at radius 1 is 1.25 bits per heavy atom. The molecular weight excluding hydrogens is 260 g/mol. The number of carboxylic acids is 1. The van der Waals surface area contributed by atoms with Crippen molar-refractivity contribution in [1.29, 1.82) is 0 Å². The lowest BCUT2D eigenvalue weighted by molar-refractivity contribution is -0.873. The highest BCUT2D eigenvalue weighted by Gasteiger charge is 2.25. The zero-order chi connectivity index (χ0) is 15.8. The Morgan fingerprint density at radius 3 is 2.25 bits per heavy atom. The molecule has 0 spiro atoms. The average Bonchev–Trinajstić information content (AvgIpc) is 2.24. The third-order valence-electron chi connectivity index (χ3n) is 2.88. The van der Waals surface area contributed by atoms with Gasteiger partial charge in [0.1, 0.15) is 6.54 Å². The van der Waals surface area contributed by atoms with Gasteiger partial charge in [-0.2, -0.15) is 0 Å². The number of aliphatic carboxylic acids is 1. The molecule has 0 aliphatic carbocycles. The standard InChI is InChI=1S/C14H28N2O4/c1-6-8-11(7-2)15-14(19)20-12(9-13(17)18)10-16(3,4)5/h11-12H,6-10H2,1-5H3,(H-,15,17,18,19)/p+1/t11?,12-/m1/s1. The molecule has 0 aromatic rings. The Labute approximate surface area is 121 Å². The maximum Gasteiger partial charge on any atom is 0.407 e. The number of alkyl carbamates (subject to hydrolysis) is 1. The number of carboxylic acid groups (broad SMARTS) is 1. The molecule has 2 atom stereocenters. The van der Waals surface area contributed by atoms with Crippen LogP contribution in [-0.4, -0.2) is 61.5 Å². The minimum absolute atomic E-state index is 0.0853. The number of hydrogen-bond donors (Lipinski definition) is 2. The van der Waals surface area contributed by atoms with Crippen molar-refractivity contribution >= 4 is 12.1 Å². The van der Waals surface area contributed by atoms with Gasteiger partial charge in [0.2, 0.25) is 0 Å². The summed E-state index contributed by atoms with van der Waals surface area (Å²) in [5.41, 5.74) is 0.